The predicted octanol–water partition coefficient (Wildman–Crippen LogP) is 7.71. The average Bonchev–Trinajstić information content (AvgIpc) is 2.75. The fourth-order valence-corrected chi connectivity index (χ4v) is 15.9. The molecule has 1 atom stereocenters. The van der Waals surface area contributed by atoms with Crippen LogP contribution in [0.1, 0.15) is 54.0 Å². The molecule has 0 N–H and O–H groups in total. The van der Waals surface area contributed by atoms with Gasteiger partial charge in [0.05, 0.1) is 0 Å². The van der Waals surface area contributed by atoms with Crippen molar-refractivity contribution >= 4 is 44.7 Å². The molecule has 0 saturated heterocycles. The molecule has 1 aliphatic carbocycles. The Bertz CT molecular complexity index is 823. The first-order valence-electron chi connectivity index (χ1n) is 10.7. The van der Waals surface area contributed by atoms with E-state index in [4.69, 9.17) is 3.32 Å². The molecule has 0 amide bonds. The Morgan fingerprint density at radius 1 is 0.933 bits per heavy atom. The number of aryl methyl sites for hydroxylation is 1. The zero-order valence-electron chi connectivity index (χ0n) is 21.1. The fourth-order valence-electron chi connectivity index (χ4n) is 3.97. The molecule has 6 heteroatoms. The molecule has 0 heterocycles. The van der Waals surface area contributed by atoms with Crippen molar-refractivity contribution in [2.45, 2.75) is 86.6 Å². The summed E-state index contributed by atoms with van der Waals surface area (Å²) in [6, 6.07) is 7.09. The Hall–Kier alpha value is 0.228. The third-order valence-corrected chi connectivity index (χ3v) is 23.3. The van der Waals surface area contributed by atoms with Crippen LogP contribution >= 0.6 is 24.8 Å². The van der Waals surface area contributed by atoms with Gasteiger partial charge in [-0.15, -0.1) is 24.8 Å². The molecule has 171 valence electrons. The first-order chi connectivity index (χ1) is 12.7. The number of allylic oxidation sites excluding steroid dienone is 4. The van der Waals surface area contributed by atoms with E-state index in [9.17, 15) is 0 Å². The molecule has 0 radical (unpaired) electrons. The monoisotopic (exact) mass is 521 g/mol. The minimum absolute atomic E-state index is 0. The van der Waals surface area contributed by atoms with E-state index in [0.717, 1.165) is 5.75 Å². The van der Waals surface area contributed by atoms with Crippen molar-refractivity contribution in [1.29, 1.82) is 0 Å². The Balaban J connectivity index is 0.00000420. The molecule has 1 unspecified atom stereocenters. The largest absolute Gasteiger partial charge is 0.147 e. The number of hydrogen-bond donors (Lipinski definition) is 0. The summed E-state index contributed by atoms with van der Waals surface area (Å²) in [5.41, 5.74) is 5.95. The van der Waals surface area contributed by atoms with Crippen molar-refractivity contribution in [3.8, 4) is 5.75 Å². The summed E-state index contributed by atoms with van der Waals surface area (Å²) >= 11 is -1.76. The minimum Gasteiger partial charge on any atom is -0.147 e. The number of hydrogen-bond acceptors (Lipinski definition) is 1. The fraction of sp³-hybridized carbons (Fsp3) is 0.583. The Labute approximate surface area is 207 Å². The van der Waals surface area contributed by atoms with E-state index >= 15 is 0 Å². The molecule has 0 spiro atoms. The minimum atomic E-state index is -1.76. The molecule has 30 heavy (non-hydrogen) atoms. The zero-order valence-corrected chi connectivity index (χ0v) is 26.5. The SMILES string of the molecule is CC1=C(C)C(C)[C]([Ti]([O]c2cc(C)cc([Si](C)(C)C(C)(C)C)c2)[SiH](C)C)=C1C.Cl.Cl. The molecular weight excluding hydrogens is 479 g/mol. The van der Waals surface area contributed by atoms with Gasteiger partial charge in [0.15, 0.2) is 0 Å². The topological polar surface area (TPSA) is 9.23 Å². The Morgan fingerprint density at radius 2 is 1.47 bits per heavy atom. The summed E-state index contributed by atoms with van der Waals surface area (Å²) < 4.78 is 8.69. The van der Waals surface area contributed by atoms with Crippen LogP contribution in [0.4, 0.5) is 0 Å². The molecule has 2 rings (SSSR count). The third-order valence-electron chi connectivity index (χ3n) is 7.31. The van der Waals surface area contributed by atoms with Gasteiger partial charge in [-0.25, -0.2) is 0 Å². The Kier molecular flexibility index (Phi) is 11.0. The van der Waals surface area contributed by atoms with E-state index < -0.39 is 32.3 Å². The number of rotatable bonds is 5. The predicted molar refractivity (Wildman–Crippen MR) is 142 cm³/mol. The smallest absolute Gasteiger partial charge is 0.147 e. The quantitative estimate of drug-likeness (QED) is 0.360. The second-order valence-electron chi connectivity index (χ2n) is 10.6. The van der Waals surface area contributed by atoms with Crippen LogP contribution in [0.2, 0.25) is 31.2 Å². The maximum Gasteiger partial charge on any atom is -0.147 e. The number of benzene rings is 1. The van der Waals surface area contributed by atoms with Gasteiger partial charge < -0.3 is 0 Å². The van der Waals surface area contributed by atoms with Gasteiger partial charge in [0, 0.05) is 0 Å². The van der Waals surface area contributed by atoms with Crippen LogP contribution in [0.3, 0.4) is 0 Å². The summed E-state index contributed by atoms with van der Waals surface area (Å²) in [7, 11) is -1.57. The summed E-state index contributed by atoms with van der Waals surface area (Å²) in [6.07, 6.45) is 0. The maximum atomic E-state index is 6.99. The molecule has 1 aromatic rings. The first kappa shape index (κ1) is 30.2. The van der Waals surface area contributed by atoms with Gasteiger partial charge in [0.2, 0.25) is 0 Å². The van der Waals surface area contributed by atoms with E-state index in [1.165, 1.54) is 16.3 Å². The van der Waals surface area contributed by atoms with Crippen molar-refractivity contribution in [3.63, 3.8) is 0 Å². The molecule has 0 fully saturated rings. The van der Waals surface area contributed by atoms with Crippen molar-refractivity contribution in [3.05, 3.63) is 44.4 Å². The van der Waals surface area contributed by atoms with E-state index in [1.54, 1.807) is 15.0 Å². The molecule has 1 aromatic carbocycles. The molecule has 0 aliphatic heterocycles. The van der Waals surface area contributed by atoms with Crippen molar-refractivity contribution < 1.29 is 20.8 Å². The van der Waals surface area contributed by atoms with Gasteiger partial charge >= 0.3 is 183 Å². The van der Waals surface area contributed by atoms with Gasteiger partial charge in [-0.3, -0.25) is 0 Å². The van der Waals surface area contributed by atoms with Crippen LogP contribution in [-0.4, -0.2) is 14.7 Å². The van der Waals surface area contributed by atoms with Crippen molar-refractivity contribution in [2.75, 3.05) is 0 Å². The van der Waals surface area contributed by atoms with Crippen LogP contribution in [0.5, 0.6) is 5.75 Å². The van der Waals surface area contributed by atoms with Gasteiger partial charge in [0.25, 0.3) is 0 Å². The van der Waals surface area contributed by atoms with Crippen molar-refractivity contribution in [2.24, 2.45) is 5.92 Å². The van der Waals surface area contributed by atoms with Crippen LogP contribution in [0.25, 0.3) is 0 Å². The molecule has 1 nitrogen and oxygen atoms in total. The van der Waals surface area contributed by atoms with Gasteiger partial charge in [-0.1, -0.05) is 0 Å². The molecule has 0 bridgehead atoms. The van der Waals surface area contributed by atoms with Crippen LogP contribution in [-0.2, 0) is 17.5 Å². The van der Waals surface area contributed by atoms with Gasteiger partial charge in [0.1, 0.15) is 0 Å². The molecule has 0 aromatic heterocycles. The second-order valence-corrected chi connectivity index (χ2v) is 28.1. The summed E-state index contributed by atoms with van der Waals surface area (Å²) in [4.78, 5) is 0. The number of halogens is 2. The normalized spacial score (nSPS) is 17.2. The first-order valence-corrected chi connectivity index (χ1v) is 20.7. The summed E-state index contributed by atoms with van der Waals surface area (Å²) in [5.74, 6) is 1.72. The maximum absolute atomic E-state index is 6.99. The standard InChI is InChI=1S/C13H22OSi.C9H13.C2H7Si.2ClH.Ti/c1-10-7-11(14)9-12(8-10)15(5,6)13(2,3)4;1-6-5-7(2)9(4)8(6)3;1-3-2;;;/h7-9,14H,1-6H3;6H,1-4H3;3H,1-2H3;2*1H;/q;;;;;+1/p-1. The van der Waals surface area contributed by atoms with Crippen molar-refractivity contribution in [1.82, 2.24) is 0 Å². The van der Waals surface area contributed by atoms with Crippen LogP contribution < -0.4 is 8.51 Å². The van der Waals surface area contributed by atoms with Gasteiger partial charge in [-0.05, 0) is 0 Å². The van der Waals surface area contributed by atoms with E-state index in [1.807, 2.05) is 0 Å². The Morgan fingerprint density at radius 3 is 1.87 bits per heavy atom. The molecular formula is C24H43Cl2OSi2Ti. The summed E-state index contributed by atoms with van der Waals surface area (Å²) in [6.45, 7) is 27.9. The van der Waals surface area contributed by atoms with Crippen LogP contribution in [0, 0.1) is 12.8 Å². The summed E-state index contributed by atoms with van der Waals surface area (Å²) in [5, 5.41) is 1.87. The molecule has 0 saturated carbocycles. The average molecular weight is 523 g/mol. The molecule has 1 aliphatic rings. The van der Waals surface area contributed by atoms with Crippen LogP contribution in [0.15, 0.2) is 38.8 Å². The van der Waals surface area contributed by atoms with E-state index in [0.29, 0.717) is 11.0 Å². The zero-order chi connectivity index (χ0) is 21.6. The van der Waals surface area contributed by atoms with E-state index in [2.05, 4.69) is 99.8 Å². The van der Waals surface area contributed by atoms with E-state index in [-0.39, 0.29) is 24.8 Å². The van der Waals surface area contributed by atoms with Gasteiger partial charge in [-0.2, -0.15) is 0 Å². The second kappa shape index (κ2) is 10.9. The third kappa shape index (κ3) is 5.97.